The summed E-state index contributed by atoms with van der Waals surface area (Å²) in [7, 11) is 0. The third-order valence-corrected chi connectivity index (χ3v) is 4.93. The summed E-state index contributed by atoms with van der Waals surface area (Å²) in [5.74, 6) is 0.605. The van der Waals surface area contributed by atoms with Gasteiger partial charge < -0.3 is 5.32 Å². The van der Waals surface area contributed by atoms with Gasteiger partial charge in [-0.15, -0.1) is 11.3 Å². The lowest BCUT2D eigenvalue weighted by atomic mass is 9.85. The molecule has 0 bridgehead atoms. The van der Waals surface area contributed by atoms with Crippen molar-refractivity contribution in [2.45, 2.75) is 32.4 Å². The molecule has 2 aromatic rings. The van der Waals surface area contributed by atoms with Gasteiger partial charge in [-0.3, -0.25) is 4.79 Å². The molecule has 106 valence electrons. The molecule has 7 heteroatoms. The van der Waals surface area contributed by atoms with E-state index in [4.69, 9.17) is 0 Å². The standard InChI is InChI=1S/C13H15BrN4OS/c14-10-6-17-18(8-9-2-1-3-9)13(19)12(10)16-7-11-15-4-5-20-11/h4-6,9,16H,1-3,7-8H2. The van der Waals surface area contributed by atoms with Gasteiger partial charge in [-0.1, -0.05) is 6.42 Å². The van der Waals surface area contributed by atoms with Gasteiger partial charge in [0, 0.05) is 18.1 Å². The van der Waals surface area contributed by atoms with E-state index < -0.39 is 0 Å². The molecule has 3 rings (SSSR count). The molecule has 0 atom stereocenters. The van der Waals surface area contributed by atoms with Crippen LogP contribution in [0.4, 0.5) is 5.69 Å². The van der Waals surface area contributed by atoms with Gasteiger partial charge in [0.1, 0.15) is 10.7 Å². The molecule has 5 nitrogen and oxygen atoms in total. The summed E-state index contributed by atoms with van der Waals surface area (Å²) in [6.07, 6.45) is 7.12. The third kappa shape index (κ3) is 2.93. The molecule has 1 aliphatic carbocycles. The van der Waals surface area contributed by atoms with Crippen LogP contribution in [0.1, 0.15) is 24.3 Å². The molecule has 0 saturated heterocycles. The highest BCUT2D eigenvalue weighted by molar-refractivity contribution is 9.10. The van der Waals surface area contributed by atoms with Gasteiger partial charge >= 0.3 is 0 Å². The highest BCUT2D eigenvalue weighted by Crippen LogP contribution is 2.27. The summed E-state index contributed by atoms with van der Waals surface area (Å²) < 4.78 is 2.27. The second-order valence-corrected chi connectivity index (χ2v) is 6.76. The lowest BCUT2D eigenvalue weighted by molar-refractivity contribution is 0.262. The van der Waals surface area contributed by atoms with Crippen LogP contribution < -0.4 is 10.9 Å². The van der Waals surface area contributed by atoms with E-state index in [-0.39, 0.29) is 5.56 Å². The van der Waals surface area contributed by atoms with Gasteiger partial charge in [0.15, 0.2) is 0 Å². The van der Waals surface area contributed by atoms with Gasteiger partial charge in [0.2, 0.25) is 0 Å². The fourth-order valence-electron chi connectivity index (χ4n) is 2.18. The van der Waals surface area contributed by atoms with Gasteiger partial charge in [0.25, 0.3) is 5.56 Å². The molecule has 1 fully saturated rings. The molecule has 0 unspecified atom stereocenters. The monoisotopic (exact) mass is 354 g/mol. The van der Waals surface area contributed by atoms with Gasteiger partial charge in [-0.05, 0) is 34.7 Å². The summed E-state index contributed by atoms with van der Waals surface area (Å²) in [4.78, 5) is 16.6. The van der Waals surface area contributed by atoms with Crippen LogP contribution in [0.2, 0.25) is 0 Å². The molecule has 1 saturated carbocycles. The first-order valence-electron chi connectivity index (χ1n) is 6.62. The van der Waals surface area contributed by atoms with Crippen LogP contribution in [0, 0.1) is 5.92 Å². The van der Waals surface area contributed by atoms with Crippen molar-refractivity contribution in [3.63, 3.8) is 0 Å². The smallest absolute Gasteiger partial charge is 0.291 e. The Morgan fingerprint density at radius 1 is 1.50 bits per heavy atom. The topological polar surface area (TPSA) is 59.8 Å². The van der Waals surface area contributed by atoms with Crippen molar-refractivity contribution in [1.29, 1.82) is 0 Å². The predicted molar refractivity (Wildman–Crippen MR) is 83.0 cm³/mol. The SMILES string of the molecule is O=c1c(NCc2nccs2)c(Br)cnn1CC1CCC1. The fourth-order valence-corrected chi connectivity index (χ4v) is 3.14. The number of aromatic nitrogens is 3. The maximum atomic E-state index is 12.4. The zero-order valence-corrected chi connectivity index (χ0v) is 13.3. The van der Waals surface area contributed by atoms with Crippen LogP contribution in [-0.4, -0.2) is 14.8 Å². The number of halogens is 1. The second-order valence-electron chi connectivity index (χ2n) is 4.93. The zero-order chi connectivity index (χ0) is 13.9. The van der Waals surface area contributed by atoms with Gasteiger partial charge in [-0.2, -0.15) is 5.10 Å². The Morgan fingerprint density at radius 3 is 3.00 bits per heavy atom. The maximum absolute atomic E-state index is 12.4. The van der Waals surface area contributed by atoms with Crippen LogP contribution in [0.25, 0.3) is 0 Å². The third-order valence-electron chi connectivity index (χ3n) is 3.55. The minimum absolute atomic E-state index is 0.0668. The van der Waals surface area contributed by atoms with E-state index in [0.29, 0.717) is 22.6 Å². The molecule has 0 aromatic carbocycles. The summed E-state index contributed by atoms with van der Waals surface area (Å²) in [6, 6.07) is 0. The van der Waals surface area contributed by atoms with E-state index >= 15 is 0 Å². The lowest BCUT2D eigenvalue weighted by Gasteiger charge is -2.25. The first-order valence-corrected chi connectivity index (χ1v) is 8.29. The van der Waals surface area contributed by atoms with Crippen molar-refractivity contribution in [3.05, 3.63) is 37.6 Å². The minimum Gasteiger partial charge on any atom is -0.373 e. The van der Waals surface area contributed by atoms with Crippen LogP contribution in [0.3, 0.4) is 0 Å². The summed E-state index contributed by atoms with van der Waals surface area (Å²) in [5, 5.41) is 10.3. The molecule has 2 heterocycles. The Hall–Kier alpha value is -1.21. The van der Waals surface area contributed by atoms with Crippen molar-refractivity contribution < 1.29 is 0 Å². The Kier molecular flexibility index (Phi) is 4.16. The summed E-state index contributed by atoms with van der Waals surface area (Å²) >= 11 is 4.96. The van der Waals surface area contributed by atoms with Crippen LogP contribution in [0.5, 0.6) is 0 Å². The molecule has 1 N–H and O–H groups in total. The first-order chi connectivity index (χ1) is 9.74. The quantitative estimate of drug-likeness (QED) is 0.896. The molecular formula is C13H15BrN4OS. The molecule has 20 heavy (non-hydrogen) atoms. The molecular weight excluding hydrogens is 340 g/mol. The normalized spacial score (nSPS) is 15.1. The number of thiazole rings is 1. The van der Waals surface area contributed by atoms with Crippen LogP contribution in [0.15, 0.2) is 27.0 Å². The Morgan fingerprint density at radius 2 is 2.35 bits per heavy atom. The van der Waals surface area contributed by atoms with E-state index in [2.05, 4.69) is 31.3 Å². The number of rotatable bonds is 5. The van der Waals surface area contributed by atoms with E-state index in [1.165, 1.54) is 19.3 Å². The molecule has 2 aromatic heterocycles. The molecule has 1 aliphatic rings. The number of hydrogen-bond acceptors (Lipinski definition) is 5. The Bertz CT molecular complexity index is 636. The van der Waals surface area contributed by atoms with Crippen molar-refractivity contribution >= 4 is 33.0 Å². The molecule has 0 aliphatic heterocycles. The molecule has 0 amide bonds. The highest BCUT2D eigenvalue weighted by Gasteiger charge is 2.20. The predicted octanol–water partition coefficient (Wildman–Crippen LogP) is 2.87. The zero-order valence-electron chi connectivity index (χ0n) is 10.9. The maximum Gasteiger partial charge on any atom is 0.291 e. The van der Waals surface area contributed by atoms with E-state index in [0.717, 1.165) is 11.6 Å². The highest BCUT2D eigenvalue weighted by atomic mass is 79.9. The van der Waals surface area contributed by atoms with E-state index in [1.54, 1.807) is 28.4 Å². The fraction of sp³-hybridized carbons (Fsp3) is 0.462. The first kappa shape index (κ1) is 13.8. The van der Waals surface area contributed by atoms with Crippen molar-refractivity contribution in [1.82, 2.24) is 14.8 Å². The number of anilines is 1. The van der Waals surface area contributed by atoms with Crippen molar-refractivity contribution in [2.24, 2.45) is 5.92 Å². The Balaban J connectivity index is 1.77. The van der Waals surface area contributed by atoms with Gasteiger partial charge in [0.05, 0.1) is 17.2 Å². The largest absolute Gasteiger partial charge is 0.373 e. The molecule has 0 radical (unpaired) electrons. The van der Waals surface area contributed by atoms with E-state index in [9.17, 15) is 4.79 Å². The minimum atomic E-state index is -0.0668. The lowest BCUT2D eigenvalue weighted by Crippen LogP contribution is -2.30. The summed E-state index contributed by atoms with van der Waals surface area (Å²) in [6.45, 7) is 1.27. The Labute approximate surface area is 129 Å². The van der Waals surface area contributed by atoms with Crippen molar-refractivity contribution in [2.75, 3.05) is 5.32 Å². The summed E-state index contributed by atoms with van der Waals surface area (Å²) in [5.41, 5.74) is 0.498. The van der Waals surface area contributed by atoms with Crippen LogP contribution in [-0.2, 0) is 13.1 Å². The number of nitrogens with one attached hydrogen (secondary N) is 1. The molecule has 0 spiro atoms. The van der Waals surface area contributed by atoms with Gasteiger partial charge in [-0.25, -0.2) is 9.67 Å². The second kappa shape index (κ2) is 6.05. The van der Waals surface area contributed by atoms with Crippen LogP contribution >= 0.6 is 27.3 Å². The number of hydrogen-bond donors (Lipinski definition) is 1. The average Bonchev–Trinajstić information content (AvgIpc) is 2.89. The van der Waals surface area contributed by atoms with Crippen molar-refractivity contribution in [3.8, 4) is 0 Å². The number of nitrogens with zero attached hydrogens (tertiary/aromatic N) is 3. The van der Waals surface area contributed by atoms with E-state index in [1.807, 2.05) is 5.38 Å². The average molecular weight is 355 g/mol.